The minimum absolute atomic E-state index is 0.0464. The predicted octanol–water partition coefficient (Wildman–Crippen LogP) is 5.05. The maximum atomic E-state index is 13.1. The number of aromatic nitrogens is 1. The van der Waals surface area contributed by atoms with Gasteiger partial charge in [-0.15, -0.1) is 0 Å². The molecule has 1 aliphatic heterocycles. The van der Waals surface area contributed by atoms with Gasteiger partial charge in [0, 0.05) is 66.0 Å². The Morgan fingerprint density at radius 3 is 2.33 bits per heavy atom. The van der Waals surface area contributed by atoms with Gasteiger partial charge in [0.2, 0.25) is 0 Å². The minimum Gasteiger partial charge on any atom is -0.355 e. The average Bonchev–Trinajstić information content (AvgIpc) is 2.97. The number of alkyl halides is 3. The number of thiocarbonyl (C=S) groups is 1. The van der Waals surface area contributed by atoms with Crippen molar-refractivity contribution >= 4 is 61.5 Å². The Morgan fingerprint density at radius 1 is 0.976 bits per heavy atom. The number of allylic oxidation sites excluding steroid dienone is 2. The number of sulfonamides is 1. The zero-order valence-corrected chi connectivity index (χ0v) is 24.3. The Labute approximate surface area is 250 Å². The number of nitrogens with zero attached hydrogens (tertiary/aromatic N) is 3. The second-order valence-electron chi connectivity index (χ2n) is 9.74. The topological polar surface area (TPSA) is 94.6 Å². The van der Waals surface area contributed by atoms with Gasteiger partial charge in [0.05, 0.1) is 11.6 Å². The van der Waals surface area contributed by atoms with Crippen molar-refractivity contribution < 1.29 is 26.4 Å². The molecule has 8 nitrogen and oxygen atoms in total. The second kappa shape index (κ2) is 11.9. The van der Waals surface area contributed by atoms with Crippen LogP contribution in [0.15, 0.2) is 88.4 Å². The van der Waals surface area contributed by atoms with Gasteiger partial charge in [-0.25, -0.2) is 8.42 Å². The number of fused-ring (bicyclic) bond motifs is 1. The standard InChI is InChI=1S/C28H25ClF3N5O3S2/c29-22-11-8-20(28(30,31)32)17-23(22)34-27(41)37-15-13-36(14-16-37)26(38)19-6-9-21(10-7-19)35-42(39,40)24-5-1-3-18-4-2-12-33-25(18)24/h1-12,23,35H,13-17H2,(H,34,41). The van der Waals surface area contributed by atoms with Gasteiger partial charge < -0.3 is 15.1 Å². The number of pyridine rings is 1. The Hall–Kier alpha value is -3.68. The van der Waals surface area contributed by atoms with E-state index in [1.807, 2.05) is 0 Å². The number of nitrogens with one attached hydrogen (secondary N) is 2. The van der Waals surface area contributed by atoms with Crippen LogP contribution in [-0.4, -0.2) is 72.6 Å². The molecule has 2 aromatic carbocycles. The van der Waals surface area contributed by atoms with Crippen LogP contribution in [0.2, 0.25) is 0 Å². The molecule has 2 heterocycles. The Bertz CT molecular complexity index is 1680. The molecule has 0 saturated carbocycles. The van der Waals surface area contributed by atoms with E-state index in [2.05, 4.69) is 15.0 Å². The quantitative estimate of drug-likeness (QED) is 0.379. The SMILES string of the molecule is O=C(c1ccc(NS(=O)(=O)c2cccc3cccnc23)cc1)N1CCN(C(=S)NC2CC(C(F)(F)F)=CC=C2Cl)CC1. The number of hydrogen-bond donors (Lipinski definition) is 2. The Kier molecular flexibility index (Phi) is 8.44. The van der Waals surface area contributed by atoms with Gasteiger partial charge in [0.15, 0.2) is 5.11 Å². The molecule has 1 fully saturated rings. The normalized spacial score (nSPS) is 17.9. The van der Waals surface area contributed by atoms with Gasteiger partial charge in [0.25, 0.3) is 15.9 Å². The van der Waals surface area contributed by atoms with Crippen molar-refractivity contribution in [2.75, 3.05) is 30.9 Å². The molecule has 1 amide bonds. The van der Waals surface area contributed by atoms with Gasteiger partial charge in [0.1, 0.15) is 4.90 Å². The molecule has 1 atom stereocenters. The van der Waals surface area contributed by atoms with Gasteiger partial charge in [-0.2, -0.15) is 13.2 Å². The summed E-state index contributed by atoms with van der Waals surface area (Å²) in [4.78, 5) is 20.8. The highest BCUT2D eigenvalue weighted by Crippen LogP contribution is 2.34. The first-order valence-corrected chi connectivity index (χ1v) is 15.1. The van der Waals surface area contributed by atoms with Crippen molar-refractivity contribution in [3.05, 3.63) is 89.1 Å². The fraction of sp³-hybridized carbons (Fsp3) is 0.250. The molecule has 2 N–H and O–H groups in total. The number of amides is 1. The summed E-state index contributed by atoms with van der Waals surface area (Å²) >= 11 is 11.6. The number of para-hydroxylation sites is 1. The molecule has 0 radical (unpaired) electrons. The van der Waals surface area contributed by atoms with E-state index in [-0.39, 0.29) is 27.4 Å². The maximum Gasteiger partial charge on any atom is 0.412 e. The highest BCUT2D eigenvalue weighted by atomic mass is 35.5. The number of rotatable bonds is 5. The van der Waals surface area contributed by atoms with Crippen molar-refractivity contribution in [3.63, 3.8) is 0 Å². The Morgan fingerprint density at radius 2 is 1.64 bits per heavy atom. The molecule has 0 bridgehead atoms. The van der Waals surface area contributed by atoms with E-state index in [1.165, 1.54) is 30.5 Å². The van der Waals surface area contributed by atoms with Crippen LogP contribution in [0, 0.1) is 0 Å². The van der Waals surface area contributed by atoms with Crippen LogP contribution in [-0.2, 0) is 10.0 Å². The van der Waals surface area contributed by atoms with E-state index in [4.69, 9.17) is 23.8 Å². The first-order chi connectivity index (χ1) is 19.9. The number of halogens is 4. The number of hydrogen-bond acceptors (Lipinski definition) is 5. The third-order valence-corrected chi connectivity index (χ3v) is 9.16. The van der Waals surface area contributed by atoms with Gasteiger partial charge in [-0.3, -0.25) is 14.5 Å². The first-order valence-electron chi connectivity index (χ1n) is 12.9. The molecule has 1 unspecified atom stereocenters. The summed E-state index contributed by atoms with van der Waals surface area (Å²) in [6, 6.07) is 13.7. The highest BCUT2D eigenvalue weighted by Gasteiger charge is 2.37. The highest BCUT2D eigenvalue weighted by molar-refractivity contribution is 7.93. The molecule has 0 spiro atoms. The number of carbonyl (C=O) groups is 1. The molecular weight excluding hydrogens is 611 g/mol. The average molecular weight is 636 g/mol. The number of piperazine rings is 1. The maximum absolute atomic E-state index is 13.1. The van der Waals surface area contributed by atoms with Crippen molar-refractivity contribution in [3.8, 4) is 0 Å². The fourth-order valence-corrected chi connectivity index (χ4v) is 6.49. The number of benzene rings is 2. The van der Waals surface area contributed by atoms with E-state index in [0.29, 0.717) is 48.3 Å². The van der Waals surface area contributed by atoms with Crippen LogP contribution in [0.25, 0.3) is 10.9 Å². The fourth-order valence-electron chi connectivity index (χ4n) is 4.73. The number of anilines is 1. The molecule has 42 heavy (non-hydrogen) atoms. The van der Waals surface area contributed by atoms with E-state index < -0.39 is 27.8 Å². The molecule has 5 rings (SSSR count). The third kappa shape index (κ3) is 6.53. The van der Waals surface area contributed by atoms with E-state index >= 15 is 0 Å². The molecule has 2 aliphatic rings. The van der Waals surface area contributed by atoms with Crippen molar-refractivity contribution in [2.45, 2.75) is 23.5 Å². The summed E-state index contributed by atoms with van der Waals surface area (Å²) in [5.41, 5.74) is 0.338. The summed E-state index contributed by atoms with van der Waals surface area (Å²) in [5.74, 6) is -0.237. The summed E-state index contributed by atoms with van der Waals surface area (Å²) in [6.45, 7) is 1.44. The van der Waals surface area contributed by atoms with Crippen molar-refractivity contribution in [1.82, 2.24) is 20.1 Å². The zero-order chi connectivity index (χ0) is 30.1. The largest absolute Gasteiger partial charge is 0.412 e. The lowest BCUT2D eigenvalue weighted by atomic mass is 10.00. The van der Waals surface area contributed by atoms with Crippen LogP contribution in [0.3, 0.4) is 0 Å². The summed E-state index contributed by atoms with van der Waals surface area (Å²) < 4.78 is 68.0. The molecule has 220 valence electrons. The smallest absolute Gasteiger partial charge is 0.355 e. The molecule has 14 heteroatoms. The lowest BCUT2D eigenvalue weighted by Gasteiger charge is -2.37. The molecule has 1 aromatic heterocycles. The zero-order valence-electron chi connectivity index (χ0n) is 21.9. The Balaban J connectivity index is 1.16. The summed E-state index contributed by atoms with van der Waals surface area (Å²) in [7, 11) is -3.93. The monoisotopic (exact) mass is 635 g/mol. The van der Waals surface area contributed by atoms with Crippen LogP contribution >= 0.6 is 23.8 Å². The van der Waals surface area contributed by atoms with Gasteiger partial charge in [-0.05, 0) is 54.7 Å². The lowest BCUT2D eigenvalue weighted by molar-refractivity contribution is -0.0945. The number of carbonyl (C=O) groups excluding carboxylic acids is 1. The van der Waals surface area contributed by atoms with Crippen LogP contribution in [0.4, 0.5) is 18.9 Å². The molecule has 3 aromatic rings. The van der Waals surface area contributed by atoms with Crippen LogP contribution < -0.4 is 10.0 Å². The third-order valence-electron chi connectivity index (χ3n) is 6.99. The summed E-state index contributed by atoms with van der Waals surface area (Å²) in [5, 5.41) is 4.11. The molecule has 1 aliphatic carbocycles. The van der Waals surface area contributed by atoms with Crippen LogP contribution in [0.5, 0.6) is 0 Å². The van der Waals surface area contributed by atoms with Gasteiger partial charge >= 0.3 is 6.18 Å². The lowest BCUT2D eigenvalue weighted by Crippen LogP contribution is -2.54. The van der Waals surface area contributed by atoms with E-state index in [9.17, 15) is 26.4 Å². The van der Waals surface area contributed by atoms with E-state index in [1.54, 1.807) is 46.2 Å². The minimum atomic E-state index is -4.45. The van der Waals surface area contributed by atoms with Crippen LogP contribution in [0.1, 0.15) is 16.8 Å². The van der Waals surface area contributed by atoms with Gasteiger partial charge in [-0.1, -0.05) is 35.9 Å². The first kappa shape index (κ1) is 29.8. The van der Waals surface area contributed by atoms with Crippen molar-refractivity contribution in [1.29, 1.82) is 0 Å². The predicted molar refractivity (Wildman–Crippen MR) is 159 cm³/mol. The molecule has 1 saturated heterocycles. The second-order valence-corrected chi connectivity index (χ2v) is 12.2. The van der Waals surface area contributed by atoms with Crippen molar-refractivity contribution in [2.24, 2.45) is 0 Å². The molecular formula is C28H25ClF3N5O3S2. The summed E-state index contributed by atoms with van der Waals surface area (Å²) in [6.07, 6.45) is -1.05. The van der Waals surface area contributed by atoms with E-state index in [0.717, 1.165) is 6.08 Å².